The molecule has 0 aliphatic heterocycles. The number of phenolic OH excluding ortho intramolecular Hbond substituents is 1. The molecule has 0 heterocycles. The minimum Gasteiger partial charge on any atom is -0.507 e. The van der Waals surface area contributed by atoms with E-state index >= 15 is 0 Å². The molecule has 0 aliphatic rings. The normalized spacial score (nSPS) is 13.3. The highest BCUT2D eigenvalue weighted by Gasteiger charge is 2.41. The Morgan fingerprint density at radius 2 is 1.71 bits per heavy atom. The van der Waals surface area contributed by atoms with Crippen molar-refractivity contribution in [2.75, 3.05) is 24.6 Å². The molecule has 1 unspecified atom stereocenters. The van der Waals surface area contributed by atoms with Crippen LogP contribution >= 0.6 is 0 Å². The van der Waals surface area contributed by atoms with E-state index in [2.05, 4.69) is 0 Å². The van der Waals surface area contributed by atoms with Gasteiger partial charge in [-0.2, -0.15) is 0 Å². The summed E-state index contributed by atoms with van der Waals surface area (Å²) in [4.78, 5) is 14.3. The molecule has 0 fully saturated rings. The van der Waals surface area contributed by atoms with Gasteiger partial charge in [0.15, 0.2) is 11.4 Å². The number of rotatable bonds is 7. The molecule has 2 rings (SSSR count). The van der Waals surface area contributed by atoms with E-state index in [1.165, 1.54) is 12.1 Å². The Bertz CT molecular complexity index is 698. The minimum absolute atomic E-state index is 0.0589. The van der Waals surface area contributed by atoms with Crippen LogP contribution in [0.5, 0.6) is 5.75 Å². The van der Waals surface area contributed by atoms with Crippen LogP contribution in [0, 0.1) is 0 Å². The van der Waals surface area contributed by atoms with E-state index < -0.39 is 18.0 Å². The van der Waals surface area contributed by atoms with E-state index in [0.717, 1.165) is 18.8 Å². The van der Waals surface area contributed by atoms with Crippen LogP contribution < -0.4 is 4.90 Å². The molecule has 5 heteroatoms. The van der Waals surface area contributed by atoms with Crippen molar-refractivity contribution >= 4 is 11.5 Å². The molecule has 0 aromatic heterocycles. The zero-order valence-electron chi connectivity index (χ0n) is 13.9. The van der Waals surface area contributed by atoms with Gasteiger partial charge < -0.3 is 20.2 Å². The fourth-order valence-electron chi connectivity index (χ4n) is 2.87. The lowest BCUT2D eigenvalue weighted by Gasteiger charge is -2.29. The van der Waals surface area contributed by atoms with Gasteiger partial charge in [0.05, 0.1) is 0 Å². The van der Waals surface area contributed by atoms with Gasteiger partial charge in [-0.15, -0.1) is 0 Å². The molecule has 5 nitrogen and oxygen atoms in total. The number of carbonyl (C=O) groups excluding carboxylic acids is 1. The molecule has 0 amide bonds. The largest absolute Gasteiger partial charge is 0.507 e. The van der Waals surface area contributed by atoms with Crippen molar-refractivity contribution in [1.82, 2.24) is 0 Å². The topological polar surface area (TPSA) is 81.0 Å². The number of aliphatic hydroxyl groups is 2. The van der Waals surface area contributed by atoms with Gasteiger partial charge in [0.1, 0.15) is 12.4 Å². The SMILES string of the molecule is CCN(CC)c1ccc(C(O)(C(=O)CO)c2ccccc2)c(O)c1. The van der Waals surface area contributed by atoms with Crippen LogP contribution in [-0.4, -0.2) is 40.8 Å². The van der Waals surface area contributed by atoms with Crippen molar-refractivity contribution in [2.24, 2.45) is 0 Å². The second-order valence-corrected chi connectivity index (χ2v) is 5.53. The van der Waals surface area contributed by atoms with E-state index in [1.807, 2.05) is 18.7 Å². The number of Topliss-reactive ketones (excluding diaryl/α,β-unsaturated/α-hetero) is 1. The van der Waals surface area contributed by atoms with Gasteiger partial charge in [-0.1, -0.05) is 30.3 Å². The van der Waals surface area contributed by atoms with E-state index in [9.17, 15) is 20.1 Å². The van der Waals surface area contributed by atoms with Crippen LogP contribution in [0.15, 0.2) is 48.5 Å². The average Bonchev–Trinajstić information content (AvgIpc) is 2.62. The molecule has 2 aromatic carbocycles. The van der Waals surface area contributed by atoms with Gasteiger partial charge in [0, 0.05) is 30.4 Å². The van der Waals surface area contributed by atoms with Crippen LogP contribution in [0.3, 0.4) is 0 Å². The number of hydrogen-bond acceptors (Lipinski definition) is 5. The van der Waals surface area contributed by atoms with E-state index in [4.69, 9.17) is 0 Å². The van der Waals surface area contributed by atoms with Crippen molar-refractivity contribution in [3.8, 4) is 5.75 Å². The van der Waals surface area contributed by atoms with Gasteiger partial charge in [0.25, 0.3) is 0 Å². The third kappa shape index (κ3) is 3.13. The number of aromatic hydroxyl groups is 1. The number of ketones is 1. The third-order valence-corrected chi connectivity index (χ3v) is 4.24. The van der Waals surface area contributed by atoms with Crippen molar-refractivity contribution in [3.63, 3.8) is 0 Å². The van der Waals surface area contributed by atoms with E-state index in [1.54, 1.807) is 36.4 Å². The fourth-order valence-corrected chi connectivity index (χ4v) is 2.87. The predicted molar refractivity (Wildman–Crippen MR) is 93.2 cm³/mol. The van der Waals surface area contributed by atoms with Crippen molar-refractivity contribution < 1.29 is 20.1 Å². The highest BCUT2D eigenvalue weighted by molar-refractivity contribution is 5.93. The van der Waals surface area contributed by atoms with E-state index in [0.29, 0.717) is 5.56 Å². The minimum atomic E-state index is -2.10. The molecule has 3 N–H and O–H groups in total. The lowest BCUT2D eigenvalue weighted by atomic mass is 9.82. The van der Waals surface area contributed by atoms with Crippen LogP contribution in [0.4, 0.5) is 5.69 Å². The Morgan fingerprint density at radius 3 is 2.21 bits per heavy atom. The Morgan fingerprint density at radius 1 is 1.08 bits per heavy atom. The third-order valence-electron chi connectivity index (χ3n) is 4.24. The summed E-state index contributed by atoms with van der Waals surface area (Å²) in [6.07, 6.45) is 0. The second-order valence-electron chi connectivity index (χ2n) is 5.53. The van der Waals surface area contributed by atoms with Crippen molar-refractivity contribution in [1.29, 1.82) is 0 Å². The first-order valence-electron chi connectivity index (χ1n) is 7.99. The van der Waals surface area contributed by atoms with Gasteiger partial charge in [-0.3, -0.25) is 4.79 Å². The number of anilines is 1. The molecule has 128 valence electrons. The first-order valence-corrected chi connectivity index (χ1v) is 7.99. The Balaban J connectivity index is 2.58. The molecular formula is C19H23NO4. The number of aliphatic hydroxyl groups excluding tert-OH is 1. The van der Waals surface area contributed by atoms with Crippen molar-refractivity contribution in [3.05, 3.63) is 59.7 Å². The van der Waals surface area contributed by atoms with Crippen molar-refractivity contribution in [2.45, 2.75) is 19.4 Å². The monoisotopic (exact) mass is 329 g/mol. The van der Waals surface area contributed by atoms with Crippen LogP contribution in [0.25, 0.3) is 0 Å². The van der Waals surface area contributed by atoms with Gasteiger partial charge >= 0.3 is 0 Å². The van der Waals surface area contributed by atoms with Gasteiger partial charge in [-0.25, -0.2) is 0 Å². The molecule has 0 saturated heterocycles. The zero-order valence-corrected chi connectivity index (χ0v) is 13.9. The van der Waals surface area contributed by atoms with Gasteiger partial charge in [-0.05, 0) is 31.5 Å². The van der Waals surface area contributed by atoms with Gasteiger partial charge in [0.2, 0.25) is 0 Å². The van der Waals surface area contributed by atoms with Crippen LogP contribution in [0.1, 0.15) is 25.0 Å². The smallest absolute Gasteiger partial charge is 0.198 e. The fraction of sp³-hybridized carbons (Fsp3) is 0.316. The summed E-state index contributed by atoms with van der Waals surface area (Å²) in [5.74, 6) is -0.979. The highest BCUT2D eigenvalue weighted by Crippen LogP contribution is 2.38. The maximum Gasteiger partial charge on any atom is 0.198 e. The molecular weight excluding hydrogens is 306 g/mol. The summed E-state index contributed by atoms with van der Waals surface area (Å²) in [6, 6.07) is 13.1. The molecule has 1 atom stereocenters. The first-order chi connectivity index (χ1) is 11.5. The number of phenols is 1. The predicted octanol–water partition coefficient (Wildman–Crippen LogP) is 2.04. The number of nitrogens with zero attached hydrogens (tertiary/aromatic N) is 1. The molecule has 24 heavy (non-hydrogen) atoms. The molecule has 2 aromatic rings. The standard InChI is InChI=1S/C19H23NO4/c1-3-20(4-2)15-10-11-16(17(22)12-15)19(24,18(23)13-21)14-8-6-5-7-9-14/h5-12,21-22,24H,3-4,13H2,1-2H3. The average molecular weight is 329 g/mol. The Kier molecular flexibility index (Phi) is 5.59. The molecule has 0 radical (unpaired) electrons. The summed E-state index contributed by atoms with van der Waals surface area (Å²) in [7, 11) is 0. The number of carbonyl (C=O) groups is 1. The second kappa shape index (κ2) is 7.47. The molecule has 0 aliphatic carbocycles. The molecule has 0 spiro atoms. The van der Waals surface area contributed by atoms with E-state index in [-0.39, 0.29) is 11.3 Å². The molecule has 0 bridgehead atoms. The summed E-state index contributed by atoms with van der Waals surface area (Å²) in [5.41, 5.74) is -0.936. The highest BCUT2D eigenvalue weighted by atomic mass is 16.3. The van der Waals surface area contributed by atoms with Crippen LogP contribution in [0.2, 0.25) is 0 Å². The summed E-state index contributed by atoms with van der Waals surface area (Å²) in [5, 5.41) is 30.8. The Labute approximate surface area is 141 Å². The number of hydrogen-bond donors (Lipinski definition) is 3. The quantitative estimate of drug-likeness (QED) is 0.724. The zero-order chi connectivity index (χ0) is 17.7. The lowest BCUT2D eigenvalue weighted by Crippen LogP contribution is -2.39. The van der Waals surface area contributed by atoms with Crippen LogP contribution in [-0.2, 0) is 10.4 Å². The lowest BCUT2D eigenvalue weighted by molar-refractivity contribution is -0.137. The molecule has 0 saturated carbocycles. The Hall–Kier alpha value is -2.37. The summed E-state index contributed by atoms with van der Waals surface area (Å²) >= 11 is 0. The maximum atomic E-state index is 12.3. The first kappa shape index (κ1) is 18.0. The maximum absolute atomic E-state index is 12.3. The number of benzene rings is 2. The summed E-state index contributed by atoms with van der Waals surface area (Å²) in [6.45, 7) is 4.72. The summed E-state index contributed by atoms with van der Waals surface area (Å²) < 4.78 is 0.